The van der Waals surface area contributed by atoms with Crippen LogP contribution in [0.3, 0.4) is 0 Å². The Morgan fingerprint density at radius 3 is 2.59 bits per heavy atom. The fourth-order valence-electron chi connectivity index (χ4n) is 6.18. The average Bonchev–Trinajstić information content (AvgIpc) is 3.31. The van der Waals surface area contributed by atoms with Crippen LogP contribution in [0.5, 0.6) is 0 Å². The van der Waals surface area contributed by atoms with Crippen LogP contribution in [0.25, 0.3) is 10.2 Å². The number of rotatable bonds is 6. The van der Waals surface area contributed by atoms with Gasteiger partial charge >= 0.3 is 0 Å². The summed E-state index contributed by atoms with van der Waals surface area (Å²) in [4.78, 5) is 32.0. The predicted octanol–water partition coefficient (Wildman–Crippen LogP) is 4.88. The quantitative estimate of drug-likeness (QED) is 0.636. The van der Waals surface area contributed by atoms with Crippen molar-refractivity contribution in [1.29, 1.82) is 0 Å². The molecule has 1 saturated carbocycles. The van der Waals surface area contributed by atoms with Gasteiger partial charge in [0.05, 0.1) is 16.8 Å². The van der Waals surface area contributed by atoms with Crippen LogP contribution in [0.15, 0.2) is 17.5 Å². The molecule has 186 valence electrons. The average molecular weight is 485 g/mol. The summed E-state index contributed by atoms with van der Waals surface area (Å²) < 4.78 is 3.21. The summed E-state index contributed by atoms with van der Waals surface area (Å²) in [6.07, 6.45) is 10.5. The minimum atomic E-state index is -0.875. The summed E-state index contributed by atoms with van der Waals surface area (Å²) in [7, 11) is 0. The zero-order valence-corrected chi connectivity index (χ0v) is 21.7. The molecule has 1 unspecified atom stereocenters. The Morgan fingerprint density at radius 1 is 1.12 bits per heavy atom. The maximum absolute atomic E-state index is 13.8. The number of fused-ring (bicyclic) bond motifs is 3. The molecule has 4 heterocycles. The number of hydrogen-bond acceptors (Lipinski definition) is 4. The van der Waals surface area contributed by atoms with Crippen LogP contribution in [0.2, 0.25) is 0 Å². The van der Waals surface area contributed by atoms with Gasteiger partial charge in [0, 0.05) is 12.6 Å². The number of aromatic nitrogens is 1. The summed E-state index contributed by atoms with van der Waals surface area (Å²) in [5.41, 5.74) is 0.927. The van der Waals surface area contributed by atoms with E-state index in [1.807, 2.05) is 17.9 Å². The van der Waals surface area contributed by atoms with Crippen LogP contribution in [0.1, 0.15) is 82.1 Å². The summed E-state index contributed by atoms with van der Waals surface area (Å²) in [6, 6.07) is 4.32. The molecule has 2 aromatic rings. The van der Waals surface area contributed by atoms with Gasteiger partial charge in [0.2, 0.25) is 5.91 Å². The minimum absolute atomic E-state index is 0.000401. The Morgan fingerprint density at radius 2 is 1.85 bits per heavy atom. The number of likely N-dealkylation sites (tertiary alicyclic amines) is 1. The highest BCUT2D eigenvalue weighted by molar-refractivity contribution is 7.17. The van der Waals surface area contributed by atoms with Crippen molar-refractivity contribution in [2.24, 2.45) is 5.92 Å². The smallest absolute Gasteiger partial charge is 0.271 e. The number of carbonyl (C=O) groups excluding carboxylic acids is 2. The SMILES string of the molecule is CC1CCC(NC(=O)C2(C)Cn3c(cc4sccc43)C(=O)N2CCCN2CCCCCC2)CC1. The van der Waals surface area contributed by atoms with Crippen molar-refractivity contribution in [3.63, 3.8) is 0 Å². The predicted molar refractivity (Wildman–Crippen MR) is 138 cm³/mol. The van der Waals surface area contributed by atoms with Crippen molar-refractivity contribution in [2.45, 2.75) is 89.8 Å². The molecule has 2 amide bonds. The van der Waals surface area contributed by atoms with Gasteiger partial charge in [-0.3, -0.25) is 9.59 Å². The molecule has 3 aliphatic rings. The van der Waals surface area contributed by atoms with Gasteiger partial charge < -0.3 is 19.7 Å². The molecule has 2 aromatic heterocycles. The Hall–Kier alpha value is -1.86. The Labute approximate surface area is 207 Å². The molecule has 0 aromatic carbocycles. The molecule has 6 nitrogen and oxygen atoms in total. The lowest BCUT2D eigenvalue weighted by Crippen LogP contribution is -2.65. The highest BCUT2D eigenvalue weighted by atomic mass is 32.1. The fraction of sp³-hybridized carbons (Fsp3) is 0.704. The van der Waals surface area contributed by atoms with Crippen molar-refractivity contribution >= 4 is 33.4 Å². The first-order valence-electron chi connectivity index (χ1n) is 13.4. The van der Waals surface area contributed by atoms with E-state index in [1.54, 1.807) is 11.3 Å². The second-order valence-electron chi connectivity index (χ2n) is 11.1. The van der Waals surface area contributed by atoms with Crippen LogP contribution < -0.4 is 5.32 Å². The van der Waals surface area contributed by atoms with Crippen LogP contribution in [-0.2, 0) is 11.3 Å². The highest BCUT2D eigenvalue weighted by Crippen LogP contribution is 2.35. The minimum Gasteiger partial charge on any atom is -0.351 e. The van der Waals surface area contributed by atoms with Gasteiger partial charge in [0.1, 0.15) is 11.2 Å². The number of carbonyl (C=O) groups is 2. The molecule has 7 heteroatoms. The molecule has 0 spiro atoms. The van der Waals surface area contributed by atoms with E-state index in [0.717, 1.165) is 73.6 Å². The fourth-order valence-corrected chi connectivity index (χ4v) is 7.00. The molecule has 0 radical (unpaired) electrons. The topological polar surface area (TPSA) is 57.6 Å². The summed E-state index contributed by atoms with van der Waals surface area (Å²) >= 11 is 1.66. The number of nitrogens with zero attached hydrogens (tertiary/aromatic N) is 3. The third-order valence-electron chi connectivity index (χ3n) is 8.44. The molecule has 34 heavy (non-hydrogen) atoms. The third-order valence-corrected chi connectivity index (χ3v) is 9.30. The number of thiophene rings is 1. The first-order valence-corrected chi connectivity index (χ1v) is 14.3. The third kappa shape index (κ3) is 4.66. The van der Waals surface area contributed by atoms with E-state index < -0.39 is 5.54 Å². The van der Waals surface area contributed by atoms with E-state index in [-0.39, 0.29) is 17.9 Å². The van der Waals surface area contributed by atoms with Crippen LogP contribution in [0, 0.1) is 5.92 Å². The molecule has 1 aliphatic carbocycles. The highest BCUT2D eigenvalue weighted by Gasteiger charge is 2.48. The zero-order chi connectivity index (χ0) is 23.7. The zero-order valence-electron chi connectivity index (χ0n) is 20.9. The van der Waals surface area contributed by atoms with Gasteiger partial charge in [-0.25, -0.2) is 0 Å². The lowest BCUT2D eigenvalue weighted by molar-refractivity contribution is -0.133. The Bertz CT molecular complexity index is 1010. The summed E-state index contributed by atoms with van der Waals surface area (Å²) in [5, 5.41) is 5.43. The number of amides is 2. The lowest BCUT2D eigenvalue weighted by Gasteiger charge is -2.45. The molecule has 2 aliphatic heterocycles. The van der Waals surface area contributed by atoms with Crippen molar-refractivity contribution in [2.75, 3.05) is 26.2 Å². The maximum atomic E-state index is 13.8. The Balaban J connectivity index is 1.36. The Kier molecular flexibility index (Phi) is 7.03. The molecule has 1 saturated heterocycles. The standard InChI is InChI=1S/C27H40N4O2S/c1-20-8-10-21(11-9-20)28-26(33)27(2)19-30-22-12-17-34-24(22)18-23(30)25(32)31(27)16-7-15-29-13-5-3-4-6-14-29/h12,17-18,20-21H,3-11,13-16,19H2,1-2H3,(H,28,33). The summed E-state index contributed by atoms with van der Waals surface area (Å²) in [5.74, 6) is 0.753. The lowest BCUT2D eigenvalue weighted by atomic mass is 9.86. The van der Waals surface area contributed by atoms with Gasteiger partial charge in [-0.2, -0.15) is 0 Å². The second kappa shape index (κ2) is 10.0. The molecular formula is C27H40N4O2S. The van der Waals surface area contributed by atoms with E-state index in [9.17, 15) is 9.59 Å². The van der Waals surface area contributed by atoms with Gasteiger partial charge in [0.25, 0.3) is 5.91 Å². The summed E-state index contributed by atoms with van der Waals surface area (Å²) in [6.45, 7) is 8.74. The van der Waals surface area contributed by atoms with E-state index in [0.29, 0.717) is 13.1 Å². The second-order valence-corrected chi connectivity index (χ2v) is 12.0. The monoisotopic (exact) mass is 484 g/mol. The van der Waals surface area contributed by atoms with E-state index >= 15 is 0 Å². The van der Waals surface area contributed by atoms with Crippen molar-refractivity contribution < 1.29 is 9.59 Å². The number of hydrogen-bond donors (Lipinski definition) is 1. The van der Waals surface area contributed by atoms with Gasteiger partial charge in [-0.05, 0) is 94.9 Å². The first-order chi connectivity index (χ1) is 16.5. The van der Waals surface area contributed by atoms with Crippen molar-refractivity contribution in [3.8, 4) is 0 Å². The molecule has 1 N–H and O–H groups in total. The van der Waals surface area contributed by atoms with Gasteiger partial charge in [-0.15, -0.1) is 11.3 Å². The van der Waals surface area contributed by atoms with Gasteiger partial charge in [-0.1, -0.05) is 19.8 Å². The van der Waals surface area contributed by atoms with E-state index in [4.69, 9.17) is 0 Å². The van der Waals surface area contributed by atoms with Crippen LogP contribution >= 0.6 is 11.3 Å². The molecule has 2 fully saturated rings. The normalized spacial score (nSPS) is 28.6. The largest absolute Gasteiger partial charge is 0.351 e. The maximum Gasteiger partial charge on any atom is 0.271 e. The van der Waals surface area contributed by atoms with Crippen molar-refractivity contribution in [1.82, 2.24) is 19.7 Å². The molecule has 5 rings (SSSR count). The van der Waals surface area contributed by atoms with Gasteiger partial charge in [0.15, 0.2) is 0 Å². The van der Waals surface area contributed by atoms with E-state index in [2.05, 4.69) is 33.2 Å². The molecular weight excluding hydrogens is 444 g/mol. The van der Waals surface area contributed by atoms with E-state index in [1.165, 1.54) is 25.7 Å². The molecule has 1 atom stereocenters. The first kappa shape index (κ1) is 23.9. The van der Waals surface area contributed by atoms with Crippen LogP contribution in [-0.4, -0.2) is 63.9 Å². The van der Waals surface area contributed by atoms with Crippen molar-refractivity contribution in [3.05, 3.63) is 23.2 Å². The van der Waals surface area contributed by atoms with Crippen LogP contribution in [0.4, 0.5) is 0 Å². The number of nitrogens with one attached hydrogen (secondary N) is 1. The molecule has 0 bridgehead atoms.